The van der Waals surface area contributed by atoms with Crippen molar-refractivity contribution in [3.63, 3.8) is 0 Å². The molecule has 1 aromatic rings. The molecule has 0 heterocycles. The third-order valence-corrected chi connectivity index (χ3v) is 5.32. The molecule has 0 radical (unpaired) electrons. The number of rotatable bonds is 3. The lowest BCUT2D eigenvalue weighted by atomic mass is 10.1. The van der Waals surface area contributed by atoms with E-state index in [-0.39, 0.29) is 5.91 Å². The zero-order valence-electron chi connectivity index (χ0n) is 8.51. The van der Waals surface area contributed by atoms with Gasteiger partial charge in [-0.3, -0.25) is 14.4 Å². The molecular formula is C10H6I3NO3. The second kappa shape index (κ2) is 6.41. The van der Waals surface area contributed by atoms with Crippen LogP contribution in [0.4, 0.5) is 5.69 Å². The van der Waals surface area contributed by atoms with Crippen molar-refractivity contribution in [3.05, 3.63) is 21.8 Å². The first kappa shape index (κ1) is 15.3. The van der Waals surface area contributed by atoms with Gasteiger partial charge in [0.1, 0.15) is 0 Å². The lowest BCUT2D eigenvalue weighted by Gasteiger charge is -2.14. The van der Waals surface area contributed by atoms with Crippen molar-refractivity contribution in [2.75, 3.05) is 5.32 Å². The first-order chi connectivity index (χ1) is 7.93. The molecule has 7 heteroatoms. The van der Waals surface area contributed by atoms with E-state index in [0.717, 1.165) is 0 Å². The first-order valence-corrected chi connectivity index (χ1v) is 7.56. The summed E-state index contributed by atoms with van der Waals surface area (Å²) in [4.78, 5) is 33.2. The number of carbonyl (C=O) groups is 3. The molecule has 0 spiro atoms. The van der Waals surface area contributed by atoms with E-state index in [1.807, 2.05) is 67.8 Å². The Bertz CT molecular complexity index is 479. The number of hydrogen-bond acceptors (Lipinski definition) is 3. The molecule has 17 heavy (non-hydrogen) atoms. The molecule has 1 aromatic carbocycles. The van der Waals surface area contributed by atoms with Crippen molar-refractivity contribution < 1.29 is 14.4 Å². The number of hydrogen-bond donors (Lipinski definition) is 1. The lowest BCUT2D eigenvalue weighted by Crippen LogP contribution is -2.13. The normalized spacial score (nSPS) is 9.88. The maximum absolute atomic E-state index is 11.1. The van der Waals surface area contributed by atoms with Gasteiger partial charge in [0, 0.05) is 28.8 Å². The van der Waals surface area contributed by atoms with Gasteiger partial charge in [-0.05, 0) is 67.8 Å². The van der Waals surface area contributed by atoms with E-state index in [0.29, 0.717) is 40.1 Å². The summed E-state index contributed by atoms with van der Waals surface area (Å²) in [6.45, 7) is 1.38. The number of anilines is 1. The summed E-state index contributed by atoms with van der Waals surface area (Å²) in [6.07, 6.45) is 1.38. The molecule has 1 amide bonds. The SMILES string of the molecule is CC(=O)Nc1c(I)c(C=O)c(I)c(C=O)c1I. The molecule has 1 rings (SSSR count). The van der Waals surface area contributed by atoms with Crippen molar-refractivity contribution >= 4 is 91.9 Å². The number of nitrogens with one attached hydrogen (secondary N) is 1. The molecule has 0 unspecified atom stereocenters. The van der Waals surface area contributed by atoms with Gasteiger partial charge in [-0.25, -0.2) is 0 Å². The van der Waals surface area contributed by atoms with Crippen LogP contribution in [0.2, 0.25) is 0 Å². The molecule has 0 saturated heterocycles. The van der Waals surface area contributed by atoms with Crippen LogP contribution in [-0.4, -0.2) is 18.5 Å². The van der Waals surface area contributed by atoms with Gasteiger partial charge >= 0.3 is 0 Å². The van der Waals surface area contributed by atoms with Gasteiger partial charge in [-0.15, -0.1) is 0 Å². The molecule has 4 nitrogen and oxygen atoms in total. The standard InChI is InChI=1S/C10H6I3NO3/c1-4(17)14-10-8(12)5(2-15)7(11)6(3-16)9(10)13/h2-3H,1H3,(H,14,17). The predicted octanol–water partition coefficient (Wildman–Crippen LogP) is 3.08. The van der Waals surface area contributed by atoms with E-state index < -0.39 is 0 Å². The molecule has 0 atom stereocenters. The summed E-state index contributed by atoms with van der Waals surface area (Å²) < 4.78 is 1.90. The van der Waals surface area contributed by atoms with Crippen LogP contribution < -0.4 is 5.32 Å². The van der Waals surface area contributed by atoms with E-state index in [1.165, 1.54) is 6.92 Å². The van der Waals surface area contributed by atoms with Gasteiger partial charge in [-0.1, -0.05) is 0 Å². The highest BCUT2D eigenvalue weighted by atomic mass is 127. The highest BCUT2D eigenvalue weighted by molar-refractivity contribution is 14.1. The van der Waals surface area contributed by atoms with Gasteiger partial charge in [0.15, 0.2) is 12.6 Å². The summed E-state index contributed by atoms with van der Waals surface area (Å²) in [6, 6.07) is 0. The number of aldehydes is 2. The Labute approximate surface area is 139 Å². The molecule has 0 bridgehead atoms. The van der Waals surface area contributed by atoms with Crippen LogP contribution in [0.5, 0.6) is 0 Å². The lowest BCUT2D eigenvalue weighted by molar-refractivity contribution is -0.114. The summed E-state index contributed by atoms with van der Waals surface area (Å²) in [7, 11) is 0. The fraction of sp³-hybridized carbons (Fsp3) is 0.100. The second-order valence-corrected chi connectivity index (χ2v) is 6.30. The van der Waals surface area contributed by atoms with Crippen molar-refractivity contribution in [2.45, 2.75) is 6.92 Å². The number of benzene rings is 1. The Morgan fingerprint density at radius 1 is 1.00 bits per heavy atom. The van der Waals surface area contributed by atoms with Gasteiger partial charge < -0.3 is 5.32 Å². The monoisotopic (exact) mass is 569 g/mol. The Balaban J connectivity index is 3.64. The molecule has 0 aliphatic heterocycles. The minimum Gasteiger partial charge on any atom is -0.324 e. The summed E-state index contributed by atoms with van der Waals surface area (Å²) >= 11 is 5.93. The smallest absolute Gasteiger partial charge is 0.221 e. The van der Waals surface area contributed by atoms with Crippen LogP contribution >= 0.6 is 67.8 Å². The predicted molar refractivity (Wildman–Crippen MR) is 89.7 cm³/mol. The summed E-state index contributed by atoms with van der Waals surface area (Å²) in [5, 5.41) is 2.64. The average Bonchev–Trinajstić information content (AvgIpc) is 2.25. The Morgan fingerprint density at radius 2 is 1.41 bits per heavy atom. The molecule has 0 aliphatic rings. The number of halogens is 3. The Morgan fingerprint density at radius 3 is 1.71 bits per heavy atom. The Hall–Kier alpha value is 0.220. The topological polar surface area (TPSA) is 63.2 Å². The highest BCUT2D eigenvalue weighted by Gasteiger charge is 2.19. The molecule has 1 N–H and O–H groups in total. The molecule has 0 fully saturated rings. The third-order valence-electron chi connectivity index (χ3n) is 1.92. The highest BCUT2D eigenvalue weighted by Crippen LogP contribution is 2.33. The third kappa shape index (κ3) is 3.16. The zero-order chi connectivity index (χ0) is 13.2. The number of amides is 1. The summed E-state index contributed by atoms with van der Waals surface area (Å²) in [5.41, 5.74) is 1.37. The van der Waals surface area contributed by atoms with Crippen molar-refractivity contribution in [3.8, 4) is 0 Å². The van der Waals surface area contributed by atoms with E-state index in [4.69, 9.17) is 0 Å². The van der Waals surface area contributed by atoms with Gasteiger partial charge in [0.2, 0.25) is 5.91 Å². The van der Waals surface area contributed by atoms with Crippen LogP contribution in [0.25, 0.3) is 0 Å². The van der Waals surface area contributed by atoms with Crippen LogP contribution in [0.3, 0.4) is 0 Å². The first-order valence-electron chi connectivity index (χ1n) is 4.32. The zero-order valence-corrected chi connectivity index (χ0v) is 15.0. The molecule has 0 saturated carbocycles. The fourth-order valence-electron chi connectivity index (χ4n) is 1.20. The minimum atomic E-state index is -0.240. The second-order valence-electron chi connectivity index (χ2n) is 3.06. The van der Waals surface area contributed by atoms with Crippen LogP contribution in [-0.2, 0) is 4.79 Å². The molecule has 90 valence electrons. The fourth-order valence-corrected chi connectivity index (χ4v) is 5.14. The largest absolute Gasteiger partial charge is 0.324 e. The van der Waals surface area contributed by atoms with Crippen LogP contribution in [0.15, 0.2) is 0 Å². The molecule has 0 aromatic heterocycles. The van der Waals surface area contributed by atoms with E-state index in [9.17, 15) is 14.4 Å². The average molecular weight is 569 g/mol. The van der Waals surface area contributed by atoms with Gasteiger partial charge in [0.25, 0.3) is 0 Å². The van der Waals surface area contributed by atoms with Crippen molar-refractivity contribution in [1.29, 1.82) is 0 Å². The number of carbonyl (C=O) groups excluding carboxylic acids is 3. The molecular weight excluding hydrogens is 563 g/mol. The van der Waals surface area contributed by atoms with E-state index in [1.54, 1.807) is 0 Å². The van der Waals surface area contributed by atoms with E-state index >= 15 is 0 Å². The Kier molecular flexibility index (Phi) is 5.76. The van der Waals surface area contributed by atoms with Gasteiger partial charge in [-0.2, -0.15) is 0 Å². The maximum Gasteiger partial charge on any atom is 0.221 e. The molecule has 0 aliphatic carbocycles. The van der Waals surface area contributed by atoms with Crippen molar-refractivity contribution in [2.24, 2.45) is 0 Å². The minimum absolute atomic E-state index is 0.240. The maximum atomic E-state index is 11.1. The quantitative estimate of drug-likeness (QED) is 0.450. The van der Waals surface area contributed by atoms with Gasteiger partial charge in [0.05, 0.1) is 5.69 Å². The van der Waals surface area contributed by atoms with Crippen molar-refractivity contribution in [1.82, 2.24) is 0 Å². The van der Waals surface area contributed by atoms with E-state index in [2.05, 4.69) is 5.32 Å². The summed E-state index contributed by atoms with van der Waals surface area (Å²) in [5.74, 6) is -0.240. The van der Waals surface area contributed by atoms with Crippen LogP contribution in [0, 0.1) is 10.7 Å². The van der Waals surface area contributed by atoms with Crippen LogP contribution in [0.1, 0.15) is 27.6 Å².